The number of anilines is 2. The smallest absolute Gasteiger partial charge is 0.244 e. The molecule has 0 radical (unpaired) electrons. The van der Waals surface area contributed by atoms with Crippen molar-refractivity contribution in [3.63, 3.8) is 0 Å². The van der Waals surface area contributed by atoms with E-state index in [-0.39, 0.29) is 31.8 Å². The molecule has 0 aliphatic carbocycles. The molecular weight excluding hydrogens is 412 g/mol. The van der Waals surface area contributed by atoms with E-state index in [0.29, 0.717) is 30.6 Å². The number of nitrogens with zero attached hydrogens (tertiary/aromatic N) is 1. The van der Waals surface area contributed by atoms with Crippen LogP contribution < -0.4 is 16.1 Å². The average molecular weight is 441 g/mol. The predicted octanol–water partition coefficient (Wildman–Crippen LogP) is 2.55. The molecule has 0 spiro atoms. The molecule has 170 valence electrons. The maximum absolute atomic E-state index is 12.7. The first-order chi connectivity index (χ1) is 15.5. The predicted molar refractivity (Wildman–Crippen MR) is 120 cm³/mol. The van der Waals surface area contributed by atoms with Crippen molar-refractivity contribution in [2.45, 2.75) is 32.1 Å². The Morgan fingerprint density at radius 1 is 0.656 bits per heavy atom. The van der Waals surface area contributed by atoms with E-state index in [0.717, 1.165) is 0 Å². The zero-order valence-corrected chi connectivity index (χ0v) is 17.8. The Kier molecular flexibility index (Phi) is 10.4. The monoisotopic (exact) mass is 440 g/mol. The number of nitrogens with one attached hydrogen (secondary N) is 3. The van der Waals surface area contributed by atoms with Crippen molar-refractivity contribution in [3.8, 4) is 0 Å². The van der Waals surface area contributed by atoms with Crippen LogP contribution in [0.5, 0.6) is 0 Å². The third-order valence-electron chi connectivity index (χ3n) is 4.56. The van der Waals surface area contributed by atoms with Gasteiger partial charge in [-0.15, -0.1) is 0 Å². The molecule has 32 heavy (non-hydrogen) atoms. The maximum atomic E-state index is 12.7. The molecule has 0 aliphatic heterocycles. The largest absolute Gasteiger partial charge is 0.325 e. The van der Waals surface area contributed by atoms with Crippen LogP contribution in [0.1, 0.15) is 32.1 Å². The minimum atomic E-state index is -0.479. The van der Waals surface area contributed by atoms with Gasteiger partial charge < -0.3 is 15.5 Å². The van der Waals surface area contributed by atoms with E-state index in [4.69, 9.17) is 5.21 Å². The van der Waals surface area contributed by atoms with Crippen LogP contribution in [-0.4, -0.2) is 46.8 Å². The van der Waals surface area contributed by atoms with Gasteiger partial charge in [0.2, 0.25) is 23.6 Å². The number of hydrogen-bond acceptors (Lipinski definition) is 5. The summed E-state index contributed by atoms with van der Waals surface area (Å²) in [5.41, 5.74) is 2.76. The molecule has 0 bridgehead atoms. The standard InChI is InChI=1S/C23H28N4O5/c28-20(26-32)14-8-3-9-15-23(31)27(16-21(29)24-18-10-4-1-5-11-18)17-22(30)25-19-12-6-2-7-13-19/h1-2,4-7,10-13,32H,3,8-9,14-17H2,(H,24,29)(H,25,30)(H,26,28). The third kappa shape index (κ3) is 9.40. The number of rotatable bonds is 12. The molecule has 0 aliphatic rings. The van der Waals surface area contributed by atoms with Crippen LogP contribution in [0.4, 0.5) is 11.4 Å². The Balaban J connectivity index is 1.92. The van der Waals surface area contributed by atoms with E-state index in [1.54, 1.807) is 54.0 Å². The molecule has 4 amide bonds. The molecule has 0 fully saturated rings. The second-order valence-electron chi connectivity index (χ2n) is 7.17. The van der Waals surface area contributed by atoms with Gasteiger partial charge in [0.1, 0.15) is 13.1 Å². The van der Waals surface area contributed by atoms with E-state index < -0.39 is 17.7 Å². The fourth-order valence-corrected chi connectivity index (χ4v) is 2.98. The lowest BCUT2D eigenvalue weighted by Crippen LogP contribution is -2.42. The van der Waals surface area contributed by atoms with Gasteiger partial charge in [0, 0.05) is 24.2 Å². The number of carbonyl (C=O) groups is 4. The van der Waals surface area contributed by atoms with Crippen molar-refractivity contribution < 1.29 is 24.4 Å². The van der Waals surface area contributed by atoms with Crippen molar-refractivity contribution in [2.24, 2.45) is 0 Å². The maximum Gasteiger partial charge on any atom is 0.244 e. The Bertz CT molecular complexity index is 834. The highest BCUT2D eigenvalue weighted by atomic mass is 16.5. The summed E-state index contributed by atoms with van der Waals surface area (Å²) in [7, 11) is 0. The van der Waals surface area contributed by atoms with Crippen molar-refractivity contribution in [1.29, 1.82) is 0 Å². The van der Waals surface area contributed by atoms with Gasteiger partial charge in [-0.3, -0.25) is 24.4 Å². The molecule has 9 nitrogen and oxygen atoms in total. The van der Waals surface area contributed by atoms with Crippen LogP contribution in [0.3, 0.4) is 0 Å². The lowest BCUT2D eigenvalue weighted by molar-refractivity contribution is -0.137. The highest BCUT2D eigenvalue weighted by Gasteiger charge is 2.20. The van der Waals surface area contributed by atoms with Crippen LogP contribution in [0.2, 0.25) is 0 Å². The summed E-state index contributed by atoms with van der Waals surface area (Å²) >= 11 is 0. The minimum absolute atomic E-state index is 0.137. The first kappa shape index (κ1) is 24.5. The number of para-hydroxylation sites is 2. The van der Waals surface area contributed by atoms with Crippen LogP contribution in [0, 0.1) is 0 Å². The molecule has 2 aromatic rings. The average Bonchev–Trinajstić information content (AvgIpc) is 2.79. The van der Waals surface area contributed by atoms with Gasteiger partial charge in [0.25, 0.3) is 0 Å². The highest BCUT2D eigenvalue weighted by Crippen LogP contribution is 2.09. The number of benzene rings is 2. The molecule has 0 saturated heterocycles. The van der Waals surface area contributed by atoms with Crippen molar-refractivity contribution in [3.05, 3.63) is 60.7 Å². The second kappa shape index (κ2) is 13.6. The van der Waals surface area contributed by atoms with Gasteiger partial charge in [0.05, 0.1) is 0 Å². The Hall–Kier alpha value is -3.72. The Morgan fingerprint density at radius 2 is 1.12 bits per heavy atom. The normalized spacial score (nSPS) is 10.2. The van der Waals surface area contributed by atoms with E-state index in [9.17, 15) is 19.2 Å². The van der Waals surface area contributed by atoms with Crippen LogP contribution in [0.15, 0.2) is 60.7 Å². The van der Waals surface area contributed by atoms with Crippen LogP contribution >= 0.6 is 0 Å². The lowest BCUT2D eigenvalue weighted by atomic mass is 10.1. The molecular formula is C23H28N4O5. The number of hydroxylamine groups is 1. The molecule has 4 N–H and O–H groups in total. The molecule has 0 atom stereocenters. The zero-order valence-electron chi connectivity index (χ0n) is 17.8. The van der Waals surface area contributed by atoms with Gasteiger partial charge in [-0.2, -0.15) is 0 Å². The van der Waals surface area contributed by atoms with E-state index >= 15 is 0 Å². The topological polar surface area (TPSA) is 128 Å². The summed E-state index contributed by atoms with van der Waals surface area (Å²) in [6, 6.07) is 17.7. The van der Waals surface area contributed by atoms with E-state index in [1.165, 1.54) is 4.90 Å². The molecule has 0 aromatic heterocycles. The van der Waals surface area contributed by atoms with Crippen LogP contribution in [0.25, 0.3) is 0 Å². The van der Waals surface area contributed by atoms with E-state index in [2.05, 4.69) is 10.6 Å². The van der Waals surface area contributed by atoms with Crippen LogP contribution in [-0.2, 0) is 19.2 Å². The second-order valence-corrected chi connectivity index (χ2v) is 7.17. The van der Waals surface area contributed by atoms with Crippen molar-refractivity contribution in [1.82, 2.24) is 10.4 Å². The number of amides is 4. The summed E-state index contributed by atoms with van der Waals surface area (Å²) in [5.74, 6) is -1.62. The van der Waals surface area contributed by atoms with Crippen molar-refractivity contribution >= 4 is 35.0 Å². The van der Waals surface area contributed by atoms with Gasteiger partial charge in [-0.05, 0) is 37.1 Å². The Labute approximate surface area is 186 Å². The molecule has 0 heterocycles. The molecule has 2 aromatic carbocycles. The number of hydrogen-bond donors (Lipinski definition) is 4. The lowest BCUT2D eigenvalue weighted by Gasteiger charge is -2.22. The summed E-state index contributed by atoms with van der Waals surface area (Å²) < 4.78 is 0. The molecule has 2 rings (SSSR count). The van der Waals surface area contributed by atoms with Gasteiger partial charge in [-0.25, -0.2) is 5.48 Å². The summed E-state index contributed by atoms with van der Waals surface area (Å²) in [6.07, 6.45) is 1.90. The molecule has 9 heteroatoms. The summed E-state index contributed by atoms with van der Waals surface area (Å²) in [5, 5.41) is 13.9. The Morgan fingerprint density at radius 3 is 1.59 bits per heavy atom. The highest BCUT2D eigenvalue weighted by molar-refractivity contribution is 5.98. The quantitative estimate of drug-likeness (QED) is 0.229. The number of carbonyl (C=O) groups excluding carboxylic acids is 4. The molecule has 0 saturated carbocycles. The van der Waals surface area contributed by atoms with Crippen molar-refractivity contribution in [2.75, 3.05) is 23.7 Å². The minimum Gasteiger partial charge on any atom is -0.325 e. The fraction of sp³-hybridized carbons (Fsp3) is 0.304. The fourth-order valence-electron chi connectivity index (χ4n) is 2.98. The third-order valence-corrected chi connectivity index (χ3v) is 4.56. The first-order valence-electron chi connectivity index (χ1n) is 10.4. The van der Waals surface area contributed by atoms with Gasteiger partial charge >= 0.3 is 0 Å². The number of unbranched alkanes of at least 4 members (excludes halogenated alkanes) is 2. The molecule has 0 unspecified atom stereocenters. The van der Waals surface area contributed by atoms with E-state index in [1.807, 2.05) is 12.1 Å². The summed E-state index contributed by atoms with van der Waals surface area (Å²) in [4.78, 5) is 49.9. The summed E-state index contributed by atoms with van der Waals surface area (Å²) in [6.45, 7) is -0.522. The van der Waals surface area contributed by atoms with Gasteiger partial charge in [-0.1, -0.05) is 42.8 Å². The first-order valence-corrected chi connectivity index (χ1v) is 10.4. The zero-order chi connectivity index (χ0) is 23.2. The SMILES string of the molecule is O=C(CCCCCC(=O)N(CC(=O)Nc1ccccc1)CC(=O)Nc1ccccc1)NO. The van der Waals surface area contributed by atoms with Gasteiger partial charge in [0.15, 0.2) is 0 Å².